The molecule has 1 atom stereocenters. The Kier molecular flexibility index (Phi) is 5.25. The lowest BCUT2D eigenvalue weighted by atomic mass is 9.85. The van der Waals surface area contributed by atoms with Crippen molar-refractivity contribution < 1.29 is 23.9 Å². The van der Waals surface area contributed by atoms with Crippen LogP contribution in [0.3, 0.4) is 0 Å². The molecule has 27 heavy (non-hydrogen) atoms. The van der Waals surface area contributed by atoms with E-state index in [2.05, 4.69) is 10.4 Å². The molecule has 1 aromatic carbocycles. The Balaban J connectivity index is 1.96. The molecule has 1 aromatic heterocycles. The molecule has 8 nitrogen and oxygen atoms in total. The number of anilines is 1. The van der Waals surface area contributed by atoms with E-state index in [1.807, 2.05) is 6.92 Å². The van der Waals surface area contributed by atoms with Crippen molar-refractivity contribution >= 4 is 23.7 Å². The molecule has 1 amide bonds. The van der Waals surface area contributed by atoms with Gasteiger partial charge >= 0.3 is 11.9 Å². The van der Waals surface area contributed by atoms with Gasteiger partial charge in [0.2, 0.25) is 5.91 Å². The lowest BCUT2D eigenvalue weighted by molar-refractivity contribution is -0.144. The molecule has 0 saturated heterocycles. The molecule has 8 heteroatoms. The summed E-state index contributed by atoms with van der Waals surface area (Å²) in [5.41, 5.74) is 2.93. The molecule has 1 N–H and O–H groups in total. The number of aromatic nitrogens is 2. The van der Waals surface area contributed by atoms with Gasteiger partial charge in [-0.05, 0) is 31.5 Å². The molecule has 0 radical (unpaired) electrons. The SMILES string of the molecule is CCOC(=O)Cn1nc(C)c2c1NC(=O)CC2c1ccc(C(=O)OC)cc1. The Labute approximate surface area is 156 Å². The maximum absolute atomic E-state index is 12.3. The summed E-state index contributed by atoms with van der Waals surface area (Å²) >= 11 is 0. The number of aryl methyl sites for hydroxylation is 1. The summed E-state index contributed by atoms with van der Waals surface area (Å²) in [6.07, 6.45) is 0.260. The number of hydrogen-bond acceptors (Lipinski definition) is 6. The van der Waals surface area contributed by atoms with Gasteiger partial charge in [0.15, 0.2) is 0 Å². The summed E-state index contributed by atoms with van der Waals surface area (Å²) in [6, 6.07) is 6.96. The Hall–Kier alpha value is -3.16. The van der Waals surface area contributed by atoms with Gasteiger partial charge in [-0.1, -0.05) is 12.1 Å². The second-order valence-electron chi connectivity index (χ2n) is 6.23. The van der Waals surface area contributed by atoms with Crippen LogP contribution < -0.4 is 5.32 Å². The fourth-order valence-electron chi connectivity index (χ4n) is 3.31. The van der Waals surface area contributed by atoms with Crippen molar-refractivity contribution in [2.24, 2.45) is 0 Å². The van der Waals surface area contributed by atoms with Crippen LogP contribution in [0.5, 0.6) is 0 Å². The quantitative estimate of drug-likeness (QED) is 0.807. The predicted molar refractivity (Wildman–Crippen MR) is 96.5 cm³/mol. The molecule has 0 fully saturated rings. The van der Waals surface area contributed by atoms with Gasteiger partial charge < -0.3 is 14.8 Å². The minimum absolute atomic E-state index is 0.0711. The number of hydrogen-bond donors (Lipinski definition) is 1. The van der Waals surface area contributed by atoms with Crippen molar-refractivity contribution in [3.8, 4) is 0 Å². The van der Waals surface area contributed by atoms with E-state index in [0.717, 1.165) is 16.8 Å². The van der Waals surface area contributed by atoms with Crippen LogP contribution >= 0.6 is 0 Å². The number of nitrogens with one attached hydrogen (secondary N) is 1. The van der Waals surface area contributed by atoms with Crippen molar-refractivity contribution in [2.75, 3.05) is 19.0 Å². The fraction of sp³-hybridized carbons (Fsp3) is 0.368. The summed E-state index contributed by atoms with van der Waals surface area (Å²) in [5, 5.41) is 7.23. The standard InChI is InChI=1S/C19H21N3O5/c1-4-27-16(24)10-22-18-17(11(2)21-22)14(9-15(23)20-18)12-5-7-13(8-6-12)19(25)26-3/h5-8,14H,4,9-10H2,1-3H3,(H,20,23). The van der Waals surface area contributed by atoms with Gasteiger partial charge in [0.25, 0.3) is 0 Å². The number of nitrogens with zero attached hydrogens (tertiary/aromatic N) is 2. The minimum atomic E-state index is -0.415. The molecule has 3 rings (SSSR count). The molecule has 0 bridgehead atoms. The predicted octanol–water partition coefficient (Wildman–Crippen LogP) is 2.02. The average molecular weight is 371 g/mol. The van der Waals surface area contributed by atoms with Crippen LogP contribution in [0.2, 0.25) is 0 Å². The van der Waals surface area contributed by atoms with Gasteiger partial charge in [-0.2, -0.15) is 5.10 Å². The van der Waals surface area contributed by atoms with Crippen LogP contribution in [0.25, 0.3) is 0 Å². The Bertz CT molecular complexity index is 885. The summed E-state index contributed by atoms with van der Waals surface area (Å²) in [7, 11) is 1.33. The number of esters is 2. The van der Waals surface area contributed by atoms with Gasteiger partial charge in [0.1, 0.15) is 12.4 Å². The van der Waals surface area contributed by atoms with E-state index >= 15 is 0 Å². The monoisotopic (exact) mass is 371 g/mol. The molecule has 2 heterocycles. The van der Waals surface area contributed by atoms with Crippen molar-refractivity contribution in [2.45, 2.75) is 32.7 Å². The molecule has 0 spiro atoms. The number of ether oxygens (including phenoxy) is 2. The maximum Gasteiger partial charge on any atom is 0.337 e. The number of amides is 1. The second kappa shape index (κ2) is 7.61. The smallest absolute Gasteiger partial charge is 0.337 e. The van der Waals surface area contributed by atoms with Gasteiger partial charge in [-0.3, -0.25) is 9.59 Å². The van der Waals surface area contributed by atoms with E-state index < -0.39 is 11.9 Å². The molecule has 0 aliphatic carbocycles. The largest absolute Gasteiger partial charge is 0.465 e. The highest BCUT2D eigenvalue weighted by Gasteiger charge is 2.32. The topological polar surface area (TPSA) is 99.5 Å². The number of fused-ring (bicyclic) bond motifs is 1. The first-order valence-corrected chi connectivity index (χ1v) is 8.65. The van der Waals surface area contributed by atoms with Crippen LogP contribution in [-0.2, 0) is 25.6 Å². The first-order chi connectivity index (χ1) is 12.9. The highest BCUT2D eigenvalue weighted by atomic mass is 16.5. The molecule has 0 saturated carbocycles. The zero-order chi connectivity index (χ0) is 19.6. The third-order valence-corrected chi connectivity index (χ3v) is 4.49. The van der Waals surface area contributed by atoms with Gasteiger partial charge in [-0.15, -0.1) is 0 Å². The van der Waals surface area contributed by atoms with Crippen LogP contribution in [0, 0.1) is 6.92 Å². The molecule has 1 unspecified atom stereocenters. The fourth-order valence-corrected chi connectivity index (χ4v) is 3.31. The molecular weight excluding hydrogens is 350 g/mol. The van der Waals surface area contributed by atoms with E-state index in [-0.39, 0.29) is 31.4 Å². The van der Waals surface area contributed by atoms with Crippen molar-refractivity contribution in [1.29, 1.82) is 0 Å². The zero-order valence-corrected chi connectivity index (χ0v) is 15.4. The normalized spacial score (nSPS) is 15.7. The Morgan fingerprint density at radius 2 is 2.00 bits per heavy atom. The summed E-state index contributed by atoms with van der Waals surface area (Å²) in [6.45, 7) is 3.78. The van der Waals surface area contributed by atoms with Crippen LogP contribution in [-0.4, -0.2) is 41.3 Å². The van der Waals surface area contributed by atoms with Crippen LogP contribution in [0.15, 0.2) is 24.3 Å². The van der Waals surface area contributed by atoms with Gasteiger partial charge in [-0.25, -0.2) is 9.48 Å². The lowest BCUT2D eigenvalue weighted by Gasteiger charge is -2.24. The van der Waals surface area contributed by atoms with E-state index in [4.69, 9.17) is 9.47 Å². The van der Waals surface area contributed by atoms with E-state index in [1.165, 1.54) is 11.8 Å². The number of carbonyl (C=O) groups is 3. The Morgan fingerprint density at radius 1 is 1.30 bits per heavy atom. The second-order valence-corrected chi connectivity index (χ2v) is 6.23. The van der Waals surface area contributed by atoms with E-state index in [9.17, 15) is 14.4 Å². The van der Waals surface area contributed by atoms with E-state index in [1.54, 1.807) is 31.2 Å². The number of rotatable bonds is 5. The molecule has 2 aromatic rings. The molecular formula is C19H21N3O5. The molecule has 1 aliphatic rings. The third-order valence-electron chi connectivity index (χ3n) is 4.49. The van der Waals surface area contributed by atoms with Crippen LogP contribution in [0.4, 0.5) is 5.82 Å². The first-order valence-electron chi connectivity index (χ1n) is 8.65. The van der Waals surface area contributed by atoms with E-state index in [0.29, 0.717) is 11.4 Å². The van der Waals surface area contributed by atoms with Crippen molar-refractivity contribution in [3.05, 3.63) is 46.6 Å². The summed E-state index contributed by atoms with van der Waals surface area (Å²) < 4.78 is 11.2. The lowest BCUT2D eigenvalue weighted by Crippen LogP contribution is -2.26. The molecule has 142 valence electrons. The highest BCUT2D eigenvalue weighted by Crippen LogP contribution is 2.39. The van der Waals surface area contributed by atoms with Gasteiger partial charge in [0.05, 0.1) is 25.0 Å². The average Bonchev–Trinajstić information content (AvgIpc) is 2.96. The van der Waals surface area contributed by atoms with Gasteiger partial charge in [0, 0.05) is 17.9 Å². The third kappa shape index (κ3) is 3.69. The van der Waals surface area contributed by atoms with Crippen molar-refractivity contribution in [3.63, 3.8) is 0 Å². The highest BCUT2D eigenvalue weighted by molar-refractivity contribution is 5.95. The number of carbonyl (C=O) groups excluding carboxylic acids is 3. The molecule has 1 aliphatic heterocycles. The minimum Gasteiger partial charge on any atom is -0.465 e. The number of methoxy groups -OCH3 is 1. The van der Waals surface area contributed by atoms with Crippen molar-refractivity contribution in [1.82, 2.24) is 9.78 Å². The number of benzene rings is 1. The zero-order valence-electron chi connectivity index (χ0n) is 15.4. The van der Waals surface area contributed by atoms with Crippen LogP contribution in [0.1, 0.15) is 46.4 Å². The Morgan fingerprint density at radius 3 is 2.63 bits per heavy atom. The maximum atomic E-state index is 12.3. The summed E-state index contributed by atoms with van der Waals surface area (Å²) in [5.74, 6) is -0.687. The first kappa shape index (κ1) is 18.6. The summed E-state index contributed by atoms with van der Waals surface area (Å²) in [4.78, 5) is 35.7.